The molecule has 2 rings (SSSR count). The van der Waals surface area contributed by atoms with E-state index in [4.69, 9.17) is 10.7 Å². The van der Waals surface area contributed by atoms with Gasteiger partial charge in [0.25, 0.3) is 9.05 Å². The monoisotopic (exact) mass is 234 g/mol. The Bertz CT molecular complexity index is 642. The van der Waals surface area contributed by atoms with Gasteiger partial charge in [-0.1, -0.05) is 0 Å². The lowest BCUT2D eigenvalue weighted by Gasteiger charge is -1.93. The molecule has 0 saturated heterocycles. The van der Waals surface area contributed by atoms with Crippen LogP contribution in [0.3, 0.4) is 0 Å². The lowest BCUT2D eigenvalue weighted by atomic mass is 10.6. The Morgan fingerprint density at radius 2 is 2.21 bits per heavy atom. The van der Waals surface area contributed by atoms with Crippen LogP contribution in [-0.2, 0) is 9.05 Å². The van der Waals surface area contributed by atoms with Gasteiger partial charge >= 0.3 is 5.69 Å². The molecule has 0 amide bonds. The van der Waals surface area contributed by atoms with Gasteiger partial charge in [0.1, 0.15) is 6.33 Å². The number of H-pyrrole nitrogens is 1. The normalized spacial score (nSPS) is 12.1. The van der Waals surface area contributed by atoms with Crippen molar-refractivity contribution in [3.05, 3.63) is 22.9 Å². The lowest BCUT2D eigenvalue weighted by Crippen LogP contribution is -2.10. The minimum absolute atomic E-state index is 0.143. The maximum atomic E-state index is 11.0. The molecular formula is C5H3ClN4O3S. The van der Waals surface area contributed by atoms with Gasteiger partial charge in [0.05, 0.1) is 0 Å². The third kappa shape index (κ3) is 1.38. The number of fused-ring (bicyclic) bond motifs is 1. The quantitative estimate of drug-likeness (QED) is 0.522. The molecule has 0 fully saturated rings. The minimum atomic E-state index is -3.89. The van der Waals surface area contributed by atoms with Crippen LogP contribution >= 0.6 is 10.7 Å². The molecule has 0 saturated carbocycles. The summed E-state index contributed by atoms with van der Waals surface area (Å²) in [6, 6.07) is 1.10. The van der Waals surface area contributed by atoms with Crippen LogP contribution in [0, 0.1) is 0 Å². The van der Waals surface area contributed by atoms with E-state index in [-0.39, 0.29) is 10.7 Å². The minimum Gasteiger partial charge on any atom is -0.246 e. The zero-order valence-electron chi connectivity index (χ0n) is 6.51. The van der Waals surface area contributed by atoms with Crippen molar-refractivity contribution in [2.24, 2.45) is 0 Å². The molecule has 0 aliphatic heterocycles. The van der Waals surface area contributed by atoms with Crippen LogP contribution in [0.15, 0.2) is 22.2 Å². The number of nitrogens with zero attached hydrogens (tertiary/aromatic N) is 3. The number of rotatable bonds is 1. The molecule has 0 unspecified atom stereocenters. The number of hydrogen-bond acceptors (Lipinski definition) is 5. The highest BCUT2D eigenvalue weighted by atomic mass is 35.7. The number of hydrogen-bond donors (Lipinski definition) is 1. The van der Waals surface area contributed by atoms with E-state index in [1.165, 1.54) is 0 Å². The van der Waals surface area contributed by atoms with Crippen LogP contribution in [0.2, 0.25) is 0 Å². The molecule has 14 heavy (non-hydrogen) atoms. The van der Waals surface area contributed by atoms with Crippen LogP contribution in [0.25, 0.3) is 5.65 Å². The van der Waals surface area contributed by atoms with Gasteiger partial charge in [-0.25, -0.2) is 27.7 Å². The molecule has 2 aromatic rings. The van der Waals surface area contributed by atoms with Crippen LogP contribution in [0.4, 0.5) is 0 Å². The highest BCUT2D eigenvalue weighted by Crippen LogP contribution is 2.11. The van der Waals surface area contributed by atoms with E-state index in [0.717, 1.165) is 16.8 Å². The number of aromatic amines is 1. The zero-order chi connectivity index (χ0) is 10.3. The van der Waals surface area contributed by atoms with Gasteiger partial charge in [-0.15, -0.1) is 0 Å². The number of halogens is 1. The van der Waals surface area contributed by atoms with Crippen LogP contribution in [0.5, 0.6) is 0 Å². The van der Waals surface area contributed by atoms with E-state index < -0.39 is 14.7 Å². The zero-order valence-corrected chi connectivity index (χ0v) is 8.08. The van der Waals surface area contributed by atoms with Gasteiger partial charge in [0.2, 0.25) is 0 Å². The number of aromatic nitrogens is 4. The highest BCUT2D eigenvalue weighted by Gasteiger charge is 2.13. The second-order valence-corrected chi connectivity index (χ2v) is 4.93. The largest absolute Gasteiger partial charge is 0.348 e. The average Bonchev–Trinajstić information content (AvgIpc) is 2.46. The molecule has 2 heterocycles. The molecule has 0 bridgehead atoms. The van der Waals surface area contributed by atoms with Gasteiger partial charge < -0.3 is 0 Å². The summed E-state index contributed by atoms with van der Waals surface area (Å²) >= 11 is 0. The van der Waals surface area contributed by atoms with Gasteiger partial charge in [-0.2, -0.15) is 5.10 Å². The Morgan fingerprint density at radius 3 is 2.86 bits per heavy atom. The maximum absolute atomic E-state index is 11.0. The van der Waals surface area contributed by atoms with Crippen molar-refractivity contribution in [3.8, 4) is 0 Å². The molecule has 0 aliphatic rings. The molecule has 0 spiro atoms. The average molecular weight is 235 g/mol. The van der Waals surface area contributed by atoms with Crippen molar-refractivity contribution in [2.75, 3.05) is 0 Å². The Labute approximate surface area is 81.8 Å². The fourth-order valence-electron chi connectivity index (χ4n) is 0.926. The Hall–Kier alpha value is -1.41. The van der Waals surface area contributed by atoms with Crippen molar-refractivity contribution < 1.29 is 8.42 Å². The first-order chi connectivity index (χ1) is 6.48. The molecular weight excluding hydrogens is 232 g/mol. The first kappa shape index (κ1) is 9.16. The van der Waals surface area contributed by atoms with Crippen LogP contribution in [0.1, 0.15) is 0 Å². The Kier molecular flexibility index (Phi) is 1.82. The Balaban J connectivity index is 2.82. The van der Waals surface area contributed by atoms with Crippen molar-refractivity contribution in [2.45, 2.75) is 5.03 Å². The molecule has 0 aromatic carbocycles. The SMILES string of the molecule is O=c1[nH]nc2cc(S(=O)(=O)Cl)ncn12. The van der Waals surface area contributed by atoms with Crippen molar-refractivity contribution >= 4 is 25.4 Å². The molecule has 0 aliphatic carbocycles. The summed E-state index contributed by atoms with van der Waals surface area (Å²) in [6.07, 6.45) is 1.04. The smallest absolute Gasteiger partial charge is 0.246 e. The summed E-state index contributed by atoms with van der Waals surface area (Å²) < 4.78 is 22.8. The van der Waals surface area contributed by atoms with Gasteiger partial charge in [0.15, 0.2) is 10.7 Å². The summed E-state index contributed by atoms with van der Waals surface area (Å²) in [7, 11) is 1.16. The predicted octanol–water partition coefficient (Wildman–Crippen LogP) is -0.655. The standard InChI is InChI=1S/C5H3ClN4O3S/c6-14(12,13)4-1-3-8-9-5(11)10(3)2-7-4/h1-2H,(H,9,11). The van der Waals surface area contributed by atoms with E-state index in [0.29, 0.717) is 0 Å². The molecule has 0 atom stereocenters. The summed E-state index contributed by atoms with van der Waals surface area (Å²) in [4.78, 5) is 14.5. The van der Waals surface area contributed by atoms with Crippen molar-refractivity contribution in [1.29, 1.82) is 0 Å². The molecule has 7 nitrogen and oxygen atoms in total. The fourth-order valence-corrected chi connectivity index (χ4v) is 1.60. The van der Waals surface area contributed by atoms with E-state index >= 15 is 0 Å². The predicted molar refractivity (Wildman–Crippen MR) is 46.6 cm³/mol. The van der Waals surface area contributed by atoms with E-state index in [1.807, 2.05) is 0 Å². The van der Waals surface area contributed by atoms with Gasteiger partial charge in [-0.05, 0) is 0 Å². The van der Waals surface area contributed by atoms with E-state index in [9.17, 15) is 13.2 Å². The van der Waals surface area contributed by atoms with E-state index in [2.05, 4.69) is 15.2 Å². The van der Waals surface area contributed by atoms with E-state index in [1.54, 1.807) is 0 Å². The lowest BCUT2D eigenvalue weighted by molar-refractivity contribution is 0.605. The third-order valence-electron chi connectivity index (χ3n) is 1.53. The Morgan fingerprint density at radius 1 is 1.50 bits per heavy atom. The molecule has 2 aromatic heterocycles. The number of nitrogens with one attached hydrogen (secondary N) is 1. The van der Waals surface area contributed by atoms with Crippen molar-refractivity contribution in [1.82, 2.24) is 19.6 Å². The molecule has 0 radical (unpaired) electrons. The first-order valence-corrected chi connectivity index (χ1v) is 5.67. The molecule has 74 valence electrons. The maximum Gasteiger partial charge on any atom is 0.348 e. The fraction of sp³-hybridized carbons (Fsp3) is 0. The van der Waals surface area contributed by atoms with Gasteiger partial charge in [-0.3, -0.25) is 0 Å². The summed E-state index contributed by atoms with van der Waals surface area (Å²) in [5.41, 5.74) is -0.352. The molecule has 1 N–H and O–H groups in total. The summed E-state index contributed by atoms with van der Waals surface area (Å²) in [6.45, 7) is 0. The van der Waals surface area contributed by atoms with Gasteiger partial charge in [0, 0.05) is 16.7 Å². The second kappa shape index (κ2) is 2.79. The van der Waals surface area contributed by atoms with Crippen LogP contribution in [-0.4, -0.2) is 28.0 Å². The third-order valence-corrected chi connectivity index (χ3v) is 2.73. The molecule has 9 heteroatoms. The highest BCUT2D eigenvalue weighted by molar-refractivity contribution is 8.13. The van der Waals surface area contributed by atoms with Crippen LogP contribution < -0.4 is 5.69 Å². The second-order valence-electron chi connectivity index (χ2n) is 2.42. The topological polar surface area (TPSA) is 97.2 Å². The van der Waals surface area contributed by atoms with Crippen molar-refractivity contribution in [3.63, 3.8) is 0 Å². The first-order valence-electron chi connectivity index (χ1n) is 3.36. The summed E-state index contributed by atoms with van der Waals surface area (Å²) in [5.74, 6) is 0. The summed E-state index contributed by atoms with van der Waals surface area (Å²) in [5, 5.41) is 5.35.